The van der Waals surface area contributed by atoms with Crippen LogP contribution in [0.1, 0.15) is 44.8 Å². The average molecular weight is 445 g/mol. The van der Waals surface area contributed by atoms with Gasteiger partial charge in [0.25, 0.3) is 0 Å². The van der Waals surface area contributed by atoms with Gasteiger partial charge in [-0.05, 0) is 50.6 Å². The summed E-state index contributed by atoms with van der Waals surface area (Å²) in [5, 5.41) is 0. The van der Waals surface area contributed by atoms with E-state index in [1.54, 1.807) is 44.2 Å². The summed E-state index contributed by atoms with van der Waals surface area (Å²) >= 11 is 0. The number of rotatable bonds is 8. The smallest absolute Gasteiger partial charge is 0.354 e. The summed E-state index contributed by atoms with van der Waals surface area (Å²) in [7, 11) is -2.77. The molecule has 1 N–H and O–H groups in total. The molecule has 1 unspecified atom stereocenters. The average Bonchev–Trinajstić information content (AvgIpc) is 3.38. The number of sulfonamides is 1. The zero-order chi connectivity index (χ0) is 22.8. The number of carbonyl (C=O) groups is 2. The number of ketones is 1. The van der Waals surface area contributed by atoms with Crippen molar-refractivity contribution in [2.75, 3.05) is 7.11 Å². The lowest BCUT2D eigenvalue weighted by molar-refractivity contribution is 0.0594. The molecule has 3 aromatic rings. The van der Waals surface area contributed by atoms with E-state index in [2.05, 4.69) is 4.98 Å². The number of furan rings is 1. The molecule has 1 atom stereocenters. The fourth-order valence-corrected chi connectivity index (χ4v) is 5.06. The molecule has 2 aromatic heterocycles. The van der Waals surface area contributed by atoms with Crippen molar-refractivity contribution in [2.24, 2.45) is 0 Å². The molecule has 8 nitrogen and oxygen atoms in total. The van der Waals surface area contributed by atoms with E-state index in [0.717, 1.165) is 4.31 Å². The Bertz CT molecular complexity index is 1180. The summed E-state index contributed by atoms with van der Waals surface area (Å²) in [5.41, 5.74) is 1.31. The first kappa shape index (κ1) is 22.5. The first-order valence-electron chi connectivity index (χ1n) is 9.59. The zero-order valence-electron chi connectivity index (χ0n) is 17.7. The van der Waals surface area contributed by atoms with Crippen LogP contribution in [0.4, 0.5) is 0 Å². The van der Waals surface area contributed by atoms with E-state index in [4.69, 9.17) is 9.15 Å². The molecule has 0 spiro atoms. The standard InChI is InChI=1S/C22H24N2O6S/c1-14-19(15(2)23-20(14)22(26)29-4)21(25)16(3)24(13-17-9-8-12-30-17)31(27,28)18-10-6-5-7-11-18/h5-12,16,23H,13H2,1-4H3. The Balaban J connectivity index is 2.05. The third-order valence-corrected chi connectivity index (χ3v) is 7.06. The fourth-order valence-electron chi connectivity index (χ4n) is 3.48. The molecule has 1 aromatic carbocycles. The monoisotopic (exact) mass is 444 g/mol. The summed E-state index contributed by atoms with van der Waals surface area (Å²) in [6.07, 6.45) is 1.44. The van der Waals surface area contributed by atoms with Crippen molar-refractivity contribution in [2.45, 2.75) is 38.3 Å². The van der Waals surface area contributed by atoms with E-state index in [-0.39, 0.29) is 22.7 Å². The van der Waals surface area contributed by atoms with Crippen LogP contribution in [0.25, 0.3) is 0 Å². The topological polar surface area (TPSA) is 110 Å². The van der Waals surface area contributed by atoms with Crippen molar-refractivity contribution in [3.8, 4) is 0 Å². The van der Waals surface area contributed by atoms with Gasteiger partial charge in [-0.3, -0.25) is 4.79 Å². The first-order valence-corrected chi connectivity index (χ1v) is 11.0. The highest BCUT2D eigenvalue weighted by molar-refractivity contribution is 7.89. The normalized spacial score (nSPS) is 12.7. The van der Waals surface area contributed by atoms with Crippen molar-refractivity contribution in [1.29, 1.82) is 0 Å². The molecule has 0 aliphatic carbocycles. The Morgan fingerprint density at radius 3 is 2.39 bits per heavy atom. The third kappa shape index (κ3) is 4.33. The predicted molar refractivity (Wildman–Crippen MR) is 113 cm³/mol. The van der Waals surface area contributed by atoms with Gasteiger partial charge in [-0.1, -0.05) is 18.2 Å². The van der Waals surface area contributed by atoms with Crippen LogP contribution < -0.4 is 0 Å². The molecule has 0 aliphatic rings. The molecule has 0 saturated heterocycles. The molecule has 31 heavy (non-hydrogen) atoms. The van der Waals surface area contributed by atoms with Gasteiger partial charge >= 0.3 is 5.97 Å². The van der Waals surface area contributed by atoms with Crippen molar-refractivity contribution in [3.63, 3.8) is 0 Å². The highest BCUT2D eigenvalue weighted by atomic mass is 32.2. The minimum absolute atomic E-state index is 0.0685. The second kappa shape index (κ2) is 8.91. The van der Waals surface area contributed by atoms with Crippen LogP contribution in [-0.4, -0.2) is 42.6 Å². The van der Waals surface area contributed by atoms with Crippen LogP contribution in [0.5, 0.6) is 0 Å². The Kier molecular flexibility index (Phi) is 6.47. The molecule has 0 saturated carbocycles. The molecule has 9 heteroatoms. The number of esters is 1. The number of hydrogen-bond acceptors (Lipinski definition) is 6. The number of ether oxygens (including phenoxy) is 1. The molecule has 0 aliphatic heterocycles. The van der Waals surface area contributed by atoms with Gasteiger partial charge in [-0.15, -0.1) is 0 Å². The zero-order valence-corrected chi connectivity index (χ0v) is 18.5. The Morgan fingerprint density at radius 1 is 1.13 bits per heavy atom. The minimum atomic E-state index is -4.02. The molecule has 0 bridgehead atoms. The van der Waals surface area contributed by atoms with Crippen LogP contribution in [0.3, 0.4) is 0 Å². The summed E-state index contributed by atoms with van der Waals surface area (Å²) in [6.45, 7) is 4.68. The highest BCUT2D eigenvalue weighted by Gasteiger charge is 2.36. The number of nitrogens with one attached hydrogen (secondary N) is 1. The maximum absolute atomic E-state index is 13.4. The number of aromatic nitrogens is 1. The summed E-state index contributed by atoms with van der Waals surface area (Å²) in [5.74, 6) is -0.638. The molecule has 0 amide bonds. The number of aromatic amines is 1. The van der Waals surface area contributed by atoms with Gasteiger partial charge in [0.2, 0.25) is 10.0 Å². The number of nitrogens with zero attached hydrogens (tertiary/aromatic N) is 1. The highest BCUT2D eigenvalue weighted by Crippen LogP contribution is 2.26. The molecule has 0 fully saturated rings. The summed E-state index contributed by atoms with van der Waals surface area (Å²) in [4.78, 5) is 28.4. The Labute approximate surface area is 180 Å². The number of H-pyrrole nitrogens is 1. The Morgan fingerprint density at radius 2 is 1.81 bits per heavy atom. The molecule has 0 radical (unpaired) electrons. The number of methoxy groups -OCH3 is 1. The lowest BCUT2D eigenvalue weighted by Gasteiger charge is -2.27. The lowest BCUT2D eigenvalue weighted by Crippen LogP contribution is -2.43. The number of hydrogen-bond donors (Lipinski definition) is 1. The van der Waals surface area contributed by atoms with Crippen molar-refractivity contribution >= 4 is 21.8 Å². The van der Waals surface area contributed by atoms with E-state index in [1.165, 1.54) is 32.4 Å². The number of aryl methyl sites for hydroxylation is 1. The molecule has 164 valence electrons. The number of carbonyl (C=O) groups excluding carboxylic acids is 2. The van der Waals surface area contributed by atoms with Crippen LogP contribution in [-0.2, 0) is 21.3 Å². The lowest BCUT2D eigenvalue weighted by atomic mass is 10.0. The van der Waals surface area contributed by atoms with Gasteiger partial charge in [-0.25, -0.2) is 13.2 Å². The molecular weight excluding hydrogens is 420 g/mol. The van der Waals surface area contributed by atoms with Crippen LogP contribution in [0.2, 0.25) is 0 Å². The number of Topliss-reactive ketones (excluding diaryl/α,β-unsaturated/α-hetero) is 1. The van der Waals surface area contributed by atoms with Crippen molar-refractivity contribution in [3.05, 3.63) is 77.0 Å². The quantitative estimate of drug-likeness (QED) is 0.421. The van der Waals surface area contributed by atoms with Crippen LogP contribution in [0.15, 0.2) is 58.0 Å². The molecule has 3 rings (SSSR count). The van der Waals surface area contributed by atoms with E-state index in [0.29, 0.717) is 17.0 Å². The third-order valence-electron chi connectivity index (χ3n) is 5.13. The Hall–Kier alpha value is -3.17. The van der Waals surface area contributed by atoms with Gasteiger partial charge in [-0.2, -0.15) is 4.31 Å². The van der Waals surface area contributed by atoms with Gasteiger partial charge in [0.05, 0.1) is 30.9 Å². The largest absolute Gasteiger partial charge is 0.468 e. The van der Waals surface area contributed by atoms with E-state index < -0.39 is 27.8 Å². The fraction of sp³-hybridized carbons (Fsp3) is 0.273. The van der Waals surface area contributed by atoms with Crippen molar-refractivity contribution < 1.29 is 27.2 Å². The second-order valence-electron chi connectivity index (χ2n) is 7.10. The van der Waals surface area contributed by atoms with Gasteiger partial charge in [0.15, 0.2) is 5.78 Å². The SMILES string of the molecule is COC(=O)c1[nH]c(C)c(C(=O)C(C)N(Cc2ccco2)S(=O)(=O)c2ccccc2)c1C. The van der Waals surface area contributed by atoms with E-state index in [9.17, 15) is 18.0 Å². The molecular formula is C22H24N2O6S. The maximum Gasteiger partial charge on any atom is 0.354 e. The number of benzene rings is 1. The van der Waals surface area contributed by atoms with Gasteiger partial charge in [0.1, 0.15) is 11.5 Å². The molecule has 2 heterocycles. The predicted octanol–water partition coefficient (Wildman–Crippen LogP) is 3.47. The van der Waals surface area contributed by atoms with E-state index in [1.807, 2.05) is 0 Å². The van der Waals surface area contributed by atoms with Crippen molar-refractivity contribution in [1.82, 2.24) is 9.29 Å². The van der Waals surface area contributed by atoms with Crippen LogP contribution >= 0.6 is 0 Å². The maximum atomic E-state index is 13.4. The second-order valence-corrected chi connectivity index (χ2v) is 8.99. The van der Waals surface area contributed by atoms with Crippen LogP contribution in [0, 0.1) is 13.8 Å². The summed E-state index contributed by atoms with van der Waals surface area (Å²) < 4.78 is 38.0. The van der Waals surface area contributed by atoms with E-state index >= 15 is 0 Å². The summed E-state index contributed by atoms with van der Waals surface area (Å²) in [6, 6.07) is 10.1. The van der Waals surface area contributed by atoms with Gasteiger partial charge in [0, 0.05) is 11.3 Å². The minimum Gasteiger partial charge on any atom is -0.468 e. The van der Waals surface area contributed by atoms with Gasteiger partial charge < -0.3 is 14.1 Å². The first-order chi connectivity index (χ1) is 14.7.